The molecular weight excluding hydrogens is 140 g/mol. The minimum absolute atomic E-state index is 0.0255. The van der Waals surface area contributed by atoms with Gasteiger partial charge in [-0.1, -0.05) is 5.57 Å². The van der Waals surface area contributed by atoms with Gasteiger partial charge in [0.2, 0.25) is 5.78 Å². The Balaban J connectivity index is 2.80. The number of nitrogens with one attached hydrogen (secondary N) is 1. The summed E-state index contributed by atoms with van der Waals surface area (Å²) in [6.45, 7) is 3.77. The molecule has 0 radical (unpaired) electrons. The van der Waals surface area contributed by atoms with Gasteiger partial charge in [0.25, 0.3) is 0 Å². The predicted octanol–water partition coefficient (Wildman–Crippen LogP) is 1.56. The average molecular weight is 150 g/mol. The van der Waals surface area contributed by atoms with Crippen molar-refractivity contribution in [2.75, 3.05) is 0 Å². The van der Waals surface area contributed by atoms with Crippen LogP contribution in [0.2, 0.25) is 0 Å². The van der Waals surface area contributed by atoms with Crippen LogP contribution in [0.3, 0.4) is 0 Å². The van der Waals surface area contributed by atoms with E-state index in [4.69, 9.17) is 0 Å². The van der Waals surface area contributed by atoms with E-state index in [0.29, 0.717) is 5.69 Å². The number of aromatic amines is 1. The van der Waals surface area contributed by atoms with E-state index >= 15 is 0 Å². The number of rotatable bonds is 2. The van der Waals surface area contributed by atoms with E-state index in [1.165, 1.54) is 12.5 Å². The van der Waals surface area contributed by atoms with Crippen LogP contribution in [0.4, 0.5) is 0 Å². The van der Waals surface area contributed by atoms with Crippen molar-refractivity contribution >= 4 is 5.78 Å². The Bertz CT molecular complexity index is 268. The lowest BCUT2D eigenvalue weighted by atomic mass is 10.2. The predicted molar refractivity (Wildman–Crippen MR) is 42.3 cm³/mol. The molecule has 1 heterocycles. The maximum absolute atomic E-state index is 11.2. The van der Waals surface area contributed by atoms with Crippen molar-refractivity contribution in [1.82, 2.24) is 9.97 Å². The third-order valence-electron chi connectivity index (χ3n) is 1.18. The molecule has 0 spiro atoms. The Kier molecular flexibility index (Phi) is 2.21. The van der Waals surface area contributed by atoms with Gasteiger partial charge in [0.05, 0.1) is 12.5 Å². The highest BCUT2D eigenvalue weighted by Crippen LogP contribution is 1.97. The molecule has 58 valence electrons. The van der Waals surface area contributed by atoms with Crippen molar-refractivity contribution < 1.29 is 4.79 Å². The molecule has 3 heteroatoms. The minimum atomic E-state index is -0.0255. The number of allylic oxidation sites excluding steroid dienone is 2. The van der Waals surface area contributed by atoms with Crippen LogP contribution in [0, 0.1) is 0 Å². The zero-order chi connectivity index (χ0) is 8.27. The number of hydrogen-bond donors (Lipinski definition) is 1. The standard InChI is InChI=1S/C8H10N2O/c1-6(2)3-8(11)7-4-9-5-10-7/h3-5H,1-2H3,(H,9,10). The van der Waals surface area contributed by atoms with E-state index in [9.17, 15) is 4.79 Å². The maximum Gasteiger partial charge on any atom is 0.203 e. The summed E-state index contributed by atoms with van der Waals surface area (Å²) in [5, 5.41) is 0. The first kappa shape index (κ1) is 7.72. The average Bonchev–Trinajstić information content (AvgIpc) is 2.35. The van der Waals surface area contributed by atoms with Crippen molar-refractivity contribution in [2.45, 2.75) is 13.8 Å². The number of carbonyl (C=O) groups is 1. The Morgan fingerprint density at radius 1 is 1.64 bits per heavy atom. The van der Waals surface area contributed by atoms with Crippen molar-refractivity contribution in [3.8, 4) is 0 Å². The summed E-state index contributed by atoms with van der Waals surface area (Å²) in [6, 6.07) is 0. The molecule has 0 amide bonds. The number of H-pyrrole nitrogens is 1. The Morgan fingerprint density at radius 2 is 2.36 bits per heavy atom. The quantitative estimate of drug-likeness (QED) is 0.513. The molecule has 0 aliphatic carbocycles. The molecule has 0 aliphatic heterocycles. The molecule has 1 rings (SSSR count). The summed E-state index contributed by atoms with van der Waals surface area (Å²) in [6.07, 6.45) is 4.58. The van der Waals surface area contributed by atoms with Crippen molar-refractivity contribution in [3.63, 3.8) is 0 Å². The van der Waals surface area contributed by atoms with E-state index in [1.54, 1.807) is 6.08 Å². The van der Waals surface area contributed by atoms with Crippen LogP contribution < -0.4 is 0 Å². The summed E-state index contributed by atoms with van der Waals surface area (Å²) in [5.74, 6) is -0.0255. The van der Waals surface area contributed by atoms with Gasteiger partial charge in [-0.25, -0.2) is 4.98 Å². The molecule has 1 aromatic heterocycles. The number of hydrogen-bond acceptors (Lipinski definition) is 2. The van der Waals surface area contributed by atoms with Crippen molar-refractivity contribution in [1.29, 1.82) is 0 Å². The zero-order valence-corrected chi connectivity index (χ0v) is 6.59. The molecule has 0 fully saturated rings. The van der Waals surface area contributed by atoms with Gasteiger partial charge in [0, 0.05) is 0 Å². The molecule has 11 heavy (non-hydrogen) atoms. The molecule has 3 nitrogen and oxygen atoms in total. The van der Waals surface area contributed by atoms with Gasteiger partial charge < -0.3 is 4.98 Å². The highest BCUT2D eigenvalue weighted by molar-refractivity contribution is 6.03. The second kappa shape index (κ2) is 3.14. The molecule has 1 N–H and O–H groups in total. The van der Waals surface area contributed by atoms with E-state index in [-0.39, 0.29) is 5.78 Å². The lowest BCUT2D eigenvalue weighted by Crippen LogP contribution is -1.94. The third-order valence-corrected chi connectivity index (χ3v) is 1.18. The van der Waals surface area contributed by atoms with Gasteiger partial charge in [0.1, 0.15) is 5.69 Å². The lowest BCUT2D eigenvalue weighted by Gasteiger charge is -1.88. The van der Waals surface area contributed by atoms with E-state index in [0.717, 1.165) is 5.57 Å². The minimum Gasteiger partial charge on any atom is -0.342 e. The van der Waals surface area contributed by atoms with Crippen molar-refractivity contribution in [2.24, 2.45) is 0 Å². The van der Waals surface area contributed by atoms with Gasteiger partial charge >= 0.3 is 0 Å². The van der Waals surface area contributed by atoms with E-state index in [1.807, 2.05) is 13.8 Å². The molecular formula is C8H10N2O. The number of aromatic nitrogens is 2. The fourth-order valence-electron chi connectivity index (χ4n) is 0.731. The van der Waals surface area contributed by atoms with Crippen LogP contribution in [-0.2, 0) is 0 Å². The van der Waals surface area contributed by atoms with E-state index < -0.39 is 0 Å². The van der Waals surface area contributed by atoms with Crippen LogP contribution in [0.1, 0.15) is 24.3 Å². The molecule has 0 aromatic carbocycles. The summed E-state index contributed by atoms with van der Waals surface area (Å²) < 4.78 is 0. The highest BCUT2D eigenvalue weighted by Gasteiger charge is 2.01. The smallest absolute Gasteiger partial charge is 0.203 e. The largest absolute Gasteiger partial charge is 0.342 e. The normalized spacial score (nSPS) is 9.27. The second-order valence-electron chi connectivity index (χ2n) is 2.55. The zero-order valence-electron chi connectivity index (χ0n) is 6.59. The Hall–Kier alpha value is -1.38. The topological polar surface area (TPSA) is 45.8 Å². The second-order valence-corrected chi connectivity index (χ2v) is 2.55. The molecule has 0 atom stereocenters. The molecule has 0 saturated heterocycles. The van der Waals surface area contributed by atoms with Crippen LogP contribution in [0.5, 0.6) is 0 Å². The first-order valence-corrected chi connectivity index (χ1v) is 3.38. The fraction of sp³-hybridized carbons (Fsp3) is 0.250. The van der Waals surface area contributed by atoms with E-state index in [2.05, 4.69) is 9.97 Å². The SMILES string of the molecule is CC(C)=CC(=O)c1cnc[nH]1. The fourth-order valence-corrected chi connectivity index (χ4v) is 0.731. The summed E-state index contributed by atoms with van der Waals surface area (Å²) >= 11 is 0. The summed E-state index contributed by atoms with van der Waals surface area (Å²) in [4.78, 5) is 17.7. The Morgan fingerprint density at radius 3 is 2.82 bits per heavy atom. The van der Waals surface area contributed by atoms with Crippen LogP contribution in [0.25, 0.3) is 0 Å². The molecule has 1 aromatic rings. The highest BCUT2D eigenvalue weighted by atomic mass is 16.1. The molecule has 0 unspecified atom stereocenters. The number of imidazole rings is 1. The monoisotopic (exact) mass is 150 g/mol. The number of carbonyl (C=O) groups excluding carboxylic acids is 1. The Labute approximate surface area is 65.2 Å². The van der Waals surface area contributed by atoms with Crippen LogP contribution in [0.15, 0.2) is 24.2 Å². The van der Waals surface area contributed by atoms with Crippen LogP contribution in [-0.4, -0.2) is 15.8 Å². The van der Waals surface area contributed by atoms with Gasteiger partial charge in [-0.2, -0.15) is 0 Å². The molecule has 0 bridgehead atoms. The van der Waals surface area contributed by atoms with Crippen LogP contribution >= 0.6 is 0 Å². The first-order valence-electron chi connectivity index (χ1n) is 3.38. The van der Waals surface area contributed by atoms with Gasteiger partial charge in [0.15, 0.2) is 0 Å². The van der Waals surface area contributed by atoms with Crippen molar-refractivity contribution in [3.05, 3.63) is 29.9 Å². The molecule has 0 aliphatic rings. The van der Waals surface area contributed by atoms with Gasteiger partial charge in [-0.15, -0.1) is 0 Å². The lowest BCUT2D eigenvalue weighted by molar-refractivity contribution is 0.104. The number of ketones is 1. The van der Waals surface area contributed by atoms with Gasteiger partial charge in [-0.3, -0.25) is 4.79 Å². The molecule has 0 saturated carbocycles. The maximum atomic E-state index is 11.2. The van der Waals surface area contributed by atoms with Gasteiger partial charge in [-0.05, 0) is 19.9 Å². The summed E-state index contributed by atoms with van der Waals surface area (Å²) in [5.41, 5.74) is 1.52. The third kappa shape index (κ3) is 2.04. The summed E-state index contributed by atoms with van der Waals surface area (Å²) in [7, 11) is 0. The number of nitrogens with zero attached hydrogens (tertiary/aromatic N) is 1. The first-order chi connectivity index (χ1) is 5.20.